The summed E-state index contributed by atoms with van der Waals surface area (Å²) in [5, 5.41) is 8.55. The fraction of sp³-hybridized carbons (Fsp3) is 0.292. The zero-order valence-electron chi connectivity index (χ0n) is 19.4. The summed E-state index contributed by atoms with van der Waals surface area (Å²) in [6, 6.07) is 15.1. The molecule has 0 aliphatic heterocycles. The lowest BCUT2D eigenvalue weighted by molar-refractivity contribution is -0.123. The number of carbonyl (C=O) groups is 2. The van der Waals surface area contributed by atoms with Crippen LogP contribution >= 0.6 is 11.3 Å². The van der Waals surface area contributed by atoms with Crippen LogP contribution in [0, 0.1) is 0 Å². The first-order valence-electron chi connectivity index (χ1n) is 11.0. The van der Waals surface area contributed by atoms with Gasteiger partial charge in [-0.2, -0.15) is 0 Å². The fourth-order valence-corrected chi connectivity index (χ4v) is 4.59. The normalized spacial score (nSPS) is 13.3. The molecular formula is C24H28N4O5S2. The van der Waals surface area contributed by atoms with E-state index in [1.807, 2.05) is 54.8 Å². The highest BCUT2D eigenvalue weighted by atomic mass is 32.2. The molecule has 1 heterocycles. The summed E-state index contributed by atoms with van der Waals surface area (Å²) < 4.78 is 27.1. The Balaban J connectivity index is 1.81. The molecule has 0 spiro atoms. The van der Waals surface area contributed by atoms with Crippen LogP contribution in [0.15, 0.2) is 60.0 Å². The van der Waals surface area contributed by atoms with Crippen molar-refractivity contribution < 1.29 is 23.1 Å². The predicted octanol–water partition coefficient (Wildman–Crippen LogP) is 3.62. The molecule has 3 atom stereocenters. The SMILES string of the molecule is CCc1nc([C@H](Cc2ccc(NS(=O)O)cc2)NC(=O)[C@H](Cc2ccccc2)NC(=O)OC)cs1. The first kappa shape index (κ1) is 26.3. The lowest BCUT2D eigenvalue weighted by Gasteiger charge is -2.23. The van der Waals surface area contributed by atoms with Crippen molar-refractivity contribution >= 4 is 40.3 Å². The molecule has 9 nitrogen and oxygen atoms in total. The molecule has 4 N–H and O–H groups in total. The van der Waals surface area contributed by atoms with Crippen LogP contribution in [0.5, 0.6) is 0 Å². The smallest absolute Gasteiger partial charge is 0.407 e. The van der Waals surface area contributed by atoms with Gasteiger partial charge in [-0.25, -0.2) is 14.0 Å². The van der Waals surface area contributed by atoms with Crippen molar-refractivity contribution in [2.45, 2.75) is 38.3 Å². The van der Waals surface area contributed by atoms with Crippen LogP contribution in [0.3, 0.4) is 0 Å². The molecule has 0 aliphatic carbocycles. The number of amides is 2. The molecule has 0 bridgehead atoms. The summed E-state index contributed by atoms with van der Waals surface area (Å²) in [5.74, 6) is -0.357. The van der Waals surface area contributed by atoms with Crippen molar-refractivity contribution in [3.8, 4) is 0 Å². The highest BCUT2D eigenvalue weighted by Gasteiger charge is 2.26. The van der Waals surface area contributed by atoms with E-state index < -0.39 is 29.4 Å². The number of rotatable bonds is 11. The molecule has 35 heavy (non-hydrogen) atoms. The number of nitrogens with zero attached hydrogens (tertiary/aromatic N) is 1. The van der Waals surface area contributed by atoms with Gasteiger partial charge < -0.3 is 15.4 Å². The van der Waals surface area contributed by atoms with Gasteiger partial charge >= 0.3 is 6.09 Å². The molecule has 0 saturated carbocycles. The van der Waals surface area contributed by atoms with Crippen LogP contribution in [-0.4, -0.2) is 38.9 Å². The van der Waals surface area contributed by atoms with Gasteiger partial charge in [0.25, 0.3) is 11.3 Å². The number of aromatic nitrogens is 1. The van der Waals surface area contributed by atoms with Gasteiger partial charge in [-0.15, -0.1) is 11.3 Å². The third kappa shape index (κ3) is 8.16. The van der Waals surface area contributed by atoms with E-state index >= 15 is 0 Å². The second-order valence-electron chi connectivity index (χ2n) is 7.71. The van der Waals surface area contributed by atoms with Crippen molar-refractivity contribution in [2.24, 2.45) is 0 Å². The molecular weight excluding hydrogens is 488 g/mol. The summed E-state index contributed by atoms with van der Waals surface area (Å²) in [7, 11) is 1.25. The number of methoxy groups -OCH3 is 1. The van der Waals surface area contributed by atoms with Gasteiger partial charge in [0.2, 0.25) is 5.91 Å². The lowest BCUT2D eigenvalue weighted by atomic mass is 10.0. The number of thiazole rings is 1. The Kier molecular flexibility index (Phi) is 9.76. The summed E-state index contributed by atoms with van der Waals surface area (Å²) in [6.45, 7) is 2.02. The van der Waals surface area contributed by atoms with Gasteiger partial charge in [-0.1, -0.05) is 49.4 Å². The van der Waals surface area contributed by atoms with E-state index in [0.29, 0.717) is 18.5 Å². The van der Waals surface area contributed by atoms with Gasteiger partial charge in [0.15, 0.2) is 0 Å². The molecule has 2 amide bonds. The maximum absolute atomic E-state index is 13.3. The van der Waals surface area contributed by atoms with E-state index in [1.165, 1.54) is 18.4 Å². The number of anilines is 1. The first-order chi connectivity index (χ1) is 16.9. The van der Waals surface area contributed by atoms with Crippen molar-refractivity contribution in [1.82, 2.24) is 15.6 Å². The van der Waals surface area contributed by atoms with E-state index in [4.69, 9.17) is 9.29 Å². The van der Waals surface area contributed by atoms with Gasteiger partial charge in [0.1, 0.15) is 6.04 Å². The summed E-state index contributed by atoms with van der Waals surface area (Å²) in [4.78, 5) is 30.0. The summed E-state index contributed by atoms with van der Waals surface area (Å²) >= 11 is -0.632. The van der Waals surface area contributed by atoms with Crippen LogP contribution in [-0.2, 0) is 40.1 Å². The molecule has 0 radical (unpaired) electrons. The minimum atomic E-state index is -2.16. The Morgan fingerprint density at radius 2 is 1.74 bits per heavy atom. The second-order valence-corrected chi connectivity index (χ2v) is 9.36. The van der Waals surface area contributed by atoms with Gasteiger partial charge in [-0.3, -0.25) is 14.1 Å². The summed E-state index contributed by atoms with van der Waals surface area (Å²) in [6.07, 6.45) is 0.829. The number of ether oxygens (including phenoxy) is 1. The van der Waals surface area contributed by atoms with E-state index in [1.54, 1.807) is 12.1 Å². The number of hydrogen-bond acceptors (Lipinski definition) is 6. The lowest BCUT2D eigenvalue weighted by Crippen LogP contribution is -2.49. The Bertz CT molecular complexity index is 1140. The number of hydrogen-bond donors (Lipinski definition) is 4. The van der Waals surface area contributed by atoms with E-state index in [-0.39, 0.29) is 5.91 Å². The zero-order valence-corrected chi connectivity index (χ0v) is 21.0. The van der Waals surface area contributed by atoms with E-state index in [2.05, 4.69) is 20.3 Å². The van der Waals surface area contributed by atoms with Crippen molar-refractivity contribution in [2.75, 3.05) is 11.8 Å². The fourth-order valence-electron chi connectivity index (χ4n) is 3.46. The molecule has 0 saturated heterocycles. The van der Waals surface area contributed by atoms with Crippen molar-refractivity contribution in [3.63, 3.8) is 0 Å². The van der Waals surface area contributed by atoms with Gasteiger partial charge in [-0.05, 0) is 36.1 Å². The van der Waals surface area contributed by atoms with Crippen LogP contribution < -0.4 is 15.4 Å². The van der Waals surface area contributed by atoms with Crippen LogP contribution in [0.4, 0.5) is 10.5 Å². The molecule has 2 aromatic carbocycles. The molecule has 3 rings (SSSR count). The number of alkyl carbamates (subject to hydrolysis) is 1. The monoisotopic (exact) mass is 516 g/mol. The third-order valence-electron chi connectivity index (χ3n) is 5.22. The minimum Gasteiger partial charge on any atom is -0.453 e. The number of benzene rings is 2. The molecule has 11 heteroatoms. The van der Waals surface area contributed by atoms with Crippen molar-refractivity contribution in [3.05, 3.63) is 81.8 Å². The molecule has 3 aromatic rings. The molecule has 0 aliphatic rings. The van der Waals surface area contributed by atoms with Crippen LogP contribution in [0.2, 0.25) is 0 Å². The average Bonchev–Trinajstić information content (AvgIpc) is 3.34. The largest absolute Gasteiger partial charge is 0.453 e. The Labute approximate surface area is 210 Å². The molecule has 0 fully saturated rings. The second kappa shape index (κ2) is 13.0. The van der Waals surface area contributed by atoms with Gasteiger partial charge in [0, 0.05) is 17.5 Å². The average molecular weight is 517 g/mol. The molecule has 186 valence electrons. The highest BCUT2D eigenvalue weighted by molar-refractivity contribution is 7.80. The first-order valence-corrected chi connectivity index (χ1v) is 13.0. The molecule has 1 aromatic heterocycles. The predicted molar refractivity (Wildman–Crippen MR) is 136 cm³/mol. The quantitative estimate of drug-likeness (QED) is 0.288. The number of carbonyl (C=O) groups excluding carboxylic acids is 2. The Morgan fingerprint density at radius 3 is 2.34 bits per heavy atom. The number of nitrogens with one attached hydrogen (secondary N) is 3. The van der Waals surface area contributed by atoms with E-state index in [9.17, 15) is 13.8 Å². The van der Waals surface area contributed by atoms with Crippen molar-refractivity contribution in [1.29, 1.82) is 0 Å². The zero-order chi connectivity index (χ0) is 25.2. The molecule has 1 unspecified atom stereocenters. The topological polar surface area (TPSA) is 130 Å². The Hall–Kier alpha value is -3.28. The summed E-state index contributed by atoms with van der Waals surface area (Å²) in [5.41, 5.74) is 3.03. The van der Waals surface area contributed by atoms with Crippen LogP contribution in [0.25, 0.3) is 0 Å². The van der Waals surface area contributed by atoms with Gasteiger partial charge in [0.05, 0.1) is 23.9 Å². The standard InChI is InChI=1S/C24H28N4O5S2/c1-3-22-25-21(15-34-22)19(13-17-9-11-18(12-10-17)28-35(31)32)26-23(29)20(27-24(30)33-2)14-16-7-5-4-6-8-16/h4-12,15,19-20,28H,3,13-14H2,1-2H3,(H,26,29)(H,27,30)(H,31,32)/t19-,20-/m0/s1. The maximum atomic E-state index is 13.3. The third-order valence-corrected chi connectivity index (χ3v) is 6.64. The van der Waals surface area contributed by atoms with E-state index in [0.717, 1.165) is 28.2 Å². The number of aryl methyl sites for hydroxylation is 1. The van der Waals surface area contributed by atoms with Crippen LogP contribution in [0.1, 0.15) is 34.8 Å². The maximum Gasteiger partial charge on any atom is 0.407 e. The minimum absolute atomic E-state index is 0.296. The Morgan fingerprint density at radius 1 is 1.06 bits per heavy atom. The highest BCUT2D eigenvalue weighted by Crippen LogP contribution is 2.23.